The summed E-state index contributed by atoms with van der Waals surface area (Å²) in [5, 5.41) is 0.145. The van der Waals surface area contributed by atoms with Crippen LogP contribution in [0.3, 0.4) is 0 Å². The van der Waals surface area contributed by atoms with E-state index in [0.717, 1.165) is 5.56 Å². The van der Waals surface area contributed by atoms with Crippen molar-refractivity contribution in [1.82, 2.24) is 9.97 Å². The topological polar surface area (TPSA) is 52.1 Å². The third-order valence-electron chi connectivity index (χ3n) is 2.63. The van der Waals surface area contributed by atoms with E-state index in [9.17, 15) is 4.79 Å². The highest BCUT2D eigenvalue weighted by atomic mass is 35.5. The van der Waals surface area contributed by atoms with E-state index in [4.69, 9.17) is 16.3 Å². The van der Waals surface area contributed by atoms with Crippen LogP contribution in [0.25, 0.3) is 0 Å². The second kappa shape index (κ2) is 5.80. The van der Waals surface area contributed by atoms with Crippen molar-refractivity contribution in [3.63, 3.8) is 0 Å². The number of benzene rings is 1. The number of aryl methyl sites for hydroxylation is 1. The van der Waals surface area contributed by atoms with E-state index >= 15 is 0 Å². The molecular weight excluding hydrogens is 264 g/mol. The summed E-state index contributed by atoms with van der Waals surface area (Å²) in [4.78, 5) is 20.0. The molecule has 4 nitrogen and oxygen atoms in total. The molecule has 0 saturated heterocycles. The van der Waals surface area contributed by atoms with Crippen LogP contribution in [-0.4, -0.2) is 22.9 Å². The van der Waals surface area contributed by atoms with Gasteiger partial charge in [-0.2, -0.15) is 0 Å². The van der Waals surface area contributed by atoms with Crippen molar-refractivity contribution in [3.05, 3.63) is 52.6 Å². The van der Waals surface area contributed by atoms with E-state index in [1.165, 1.54) is 6.20 Å². The van der Waals surface area contributed by atoms with Gasteiger partial charge in [0.1, 0.15) is 5.75 Å². The van der Waals surface area contributed by atoms with Crippen LogP contribution in [-0.2, 0) is 6.42 Å². The molecule has 0 N–H and O–H groups in total. The molecule has 0 fully saturated rings. The molecule has 2 aromatic rings. The van der Waals surface area contributed by atoms with Crippen molar-refractivity contribution in [2.24, 2.45) is 0 Å². The summed E-state index contributed by atoms with van der Waals surface area (Å²) in [5.74, 6) is 0.640. The molecule has 0 aliphatic rings. The van der Waals surface area contributed by atoms with Gasteiger partial charge in [0.05, 0.1) is 19.2 Å². The van der Waals surface area contributed by atoms with Gasteiger partial charge in [-0.25, -0.2) is 9.97 Å². The highest BCUT2D eigenvalue weighted by molar-refractivity contribution is 6.28. The number of rotatable bonds is 4. The lowest BCUT2D eigenvalue weighted by atomic mass is 10.0. The minimum absolute atomic E-state index is 0.0308. The second-order valence-corrected chi connectivity index (χ2v) is 4.49. The number of carbonyl (C=O) groups excluding carboxylic acids is 1. The number of halogens is 1. The van der Waals surface area contributed by atoms with E-state index < -0.39 is 0 Å². The monoisotopic (exact) mass is 276 g/mol. The lowest BCUT2D eigenvalue weighted by Crippen LogP contribution is -2.06. The molecular formula is C14H13ClN2O2. The van der Waals surface area contributed by atoms with Gasteiger partial charge in [0.25, 0.3) is 0 Å². The maximum absolute atomic E-state index is 12.2. The number of nitrogens with zero attached hydrogens (tertiary/aromatic N) is 2. The predicted octanol–water partition coefficient (Wildman–Crippen LogP) is 2.87. The van der Waals surface area contributed by atoms with Gasteiger partial charge < -0.3 is 4.74 Å². The first-order valence-corrected chi connectivity index (χ1v) is 6.12. The smallest absolute Gasteiger partial charge is 0.222 e. The molecule has 1 aromatic heterocycles. The first kappa shape index (κ1) is 13.5. The summed E-state index contributed by atoms with van der Waals surface area (Å²) < 4.78 is 5.16. The number of hydrogen-bond donors (Lipinski definition) is 0. The third kappa shape index (κ3) is 3.51. The van der Waals surface area contributed by atoms with E-state index in [1.54, 1.807) is 19.2 Å². The number of ketones is 1. The molecule has 0 radical (unpaired) electrons. The summed E-state index contributed by atoms with van der Waals surface area (Å²) in [5.41, 5.74) is 2.18. The zero-order valence-electron chi connectivity index (χ0n) is 10.7. The Morgan fingerprint density at radius 2 is 2.16 bits per heavy atom. The summed E-state index contributed by atoms with van der Waals surface area (Å²) in [6.07, 6.45) is 1.73. The zero-order chi connectivity index (χ0) is 13.8. The molecule has 0 saturated carbocycles. The lowest BCUT2D eigenvalue weighted by molar-refractivity contribution is 0.0991. The van der Waals surface area contributed by atoms with Gasteiger partial charge in [0, 0.05) is 11.8 Å². The van der Waals surface area contributed by atoms with Gasteiger partial charge in [0.15, 0.2) is 5.78 Å². The molecule has 1 aromatic carbocycles. The van der Waals surface area contributed by atoms with Gasteiger partial charge in [-0.3, -0.25) is 4.79 Å². The molecule has 1 heterocycles. The van der Waals surface area contributed by atoms with Crippen LogP contribution in [0.2, 0.25) is 5.28 Å². The van der Waals surface area contributed by atoms with Crippen molar-refractivity contribution in [3.8, 4) is 5.75 Å². The van der Waals surface area contributed by atoms with Gasteiger partial charge in [-0.15, -0.1) is 0 Å². The maximum Gasteiger partial charge on any atom is 0.222 e. The molecule has 0 atom stereocenters. The van der Waals surface area contributed by atoms with Gasteiger partial charge >= 0.3 is 0 Å². The van der Waals surface area contributed by atoms with Crippen LogP contribution in [0.15, 0.2) is 30.5 Å². The summed E-state index contributed by atoms with van der Waals surface area (Å²) in [6, 6.07) is 7.10. The standard InChI is InChI=1S/C14H13ClN2O2/c1-9-5-10(7-12(6-9)19-2)13(18)8-11-3-4-16-14(15)17-11/h3-7H,8H2,1-2H3. The Labute approximate surface area is 116 Å². The minimum Gasteiger partial charge on any atom is -0.497 e. The Bertz CT molecular complexity index is 614. The van der Waals surface area contributed by atoms with Gasteiger partial charge in [-0.05, 0) is 48.4 Å². The Balaban J connectivity index is 2.22. The van der Waals surface area contributed by atoms with Crippen molar-refractivity contribution < 1.29 is 9.53 Å². The second-order valence-electron chi connectivity index (χ2n) is 4.16. The zero-order valence-corrected chi connectivity index (χ0v) is 11.4. The molecule has 2 rings (SSSR count). The normalized spacial score (nSPS) is 10.3. The summed E-state index contributed by atoms with van der Waals surface area (Å²) in [7, 11) is 1.58. The highest BCUT2D eigenvalue weighted by Gasteiger charge is 2.10. The average molecular weight is 277 g/mol. The Morgan fingerprint density at radius 1 is 1.37 bits per heavy atom. The number of carbonyl (C=O) groups is 1. The Hall–Kier alpha value is -1.94. The fraction of sp³-hybridized carbons (Fsp3) is 0.214. The first-order chi connectivity index (χ1) is 9.08. The van der Waals surface area contributed by atoms with Crippen molar-refractivity contribution in [1.29, 1.82) is 0 Å². The van der Waals surface area contributed by atoms with Crippen LogP contribution in [0.4, 0.5) is 0 Å². The molecule has 0 amide bonds. The van der Waals surface area contributed by atoms with E-state index in [2.05, 4.69) is 9.97 Å². The molecule has 19 heavy (non-hydrogen) atoms. The molecule has 0 aliphatic heterocycles. The summed E-state index contributed by atoms with van der Waals surface area (Å²) >= 11 is 5.69. The Morgan fingerprint density at radius 3 is 2.84 bits per heavy atom. The fourth-order valence-electron chi connectivity index (χ4n) is 1.76. The summed E-state index contributed by atoms with van der Waals surface area (Å²) in [6.45, 7) is 1.92. The predicted molar refractivity (Wildman–Crippen MR) is 72.8 cm³/mol. The highest BCUT2D eigenvalue weighted by Crippen LogP contribution is 2.18. The largest absolute Gasteiger partial charge is 0.497 e. The SMILES string of the molecule is COc1cc(C)cc(C(=O)Cc2ccnc(Cl)n2)c1. The fourth-order valence-corrected chi connectivity index (χ4v) is 1.93. The number of aromatic nitrogens is 2. The molecule has 0 bridgehead atoms. The van der Waals surface area contributed by atoms with Crippen molar-refractivity contribution >= 4 is 17.4 Å². The van der Waals surface area contributed by atoms with Crippen LogP contribution in [0.5, 0.6) is 5.75 Å². The maximum atomic E-state index is 12.2. The molecule has 98 valence electrons. The van der Waals surface area contributed by atoms with Gasteiger partial charge in [-0.1, -0.05) is 0 Å². The first-order valence-electron chi connectivity index (χ1n) is 5.75. The lowest BCUT2D eigenvalue weighted by Gasteiger charge is -2.06. The molecule has 0 unspecified atom stereocenters. The number of Topliss-reactive ketones (excluding diaryl/α,β-unsaturated/α-hetero) is 1. The molecule has 0 aliphatic carbocycles. The van der Waals surface area contributed by atoms with Crippen molar-refractivity contribution in [2.45, 2.75) is 13.3 Å². The van der Waals surface area contributed by atoms with E-state index in [0.29, 0.717) is 17.0 Å². The van der Waals surface area contributed by atoms with Gasteiger partial charge in [0.2, 0.25) is 5.28 Å². The van der Waals surface area contributed by atoms with Crippen LogP contribution < -0.4 is 4.74 Å². The van der Waals surface area contributed by atoms with Crippen molar-refractivity contribution in [2.75, 3.05) is 7.11 Å². The minimum atomic E-state index is -0.0308. The van der Waals surface area contributed by atoms with Crippen LogP contribution >= 0.6 is 11.6 Å². The third-order valence-corrected chi connectivity index (χ3v) is 2.82. The quantitative estimate of drug-likeness (QED) is 0.636. The number of methoxy groups -OCH3 is 1. The van der Waals surface area contributed by atoms with Crippen LogP contribution in [0, 0.1) is 6.92 Å². The van der Waals surface area contributed by atoms with E-state index in [1.807, 2.05) is 19.1 Å². The van der Waals surface area contributed by atoms with E-state index in [-0.39, 0.29) is 17.5 Å². The molecule has 0 spiro atoms. The molecule has 5 heteroatoms. The van der Waals surface area contributed by atoms with Crippen LogP contribution in [0.1, 0.15) is 21.6 Å². The Kier molecular flexibility index (Phi) is 4.12. The number of ether oxygens (including phenoxy) is 1. The average Bonchev–Trinajstić information content (AvgIpc) is 2.38. The number of hydrogen-bond acceptors (Lipinski definition) is 4.